The number of ether oxygens (including phenoxy) is 1. The quantitative estimate of drug-likeness (QED) is 0.396. The van der Waals surface area contributed by atoms with Crippen LogP contribution in [0.5, 0.6) is 5.75 Å². The number of anilines is 1. The maximum absolute atomic E-state index is 12.2. The molecule has 1 rings (SSSR count). The number of aliphatic hydroxyl groups excluding tert-OH is 1. The highest BCUT2D eigenvalue weighted by Crippen LogP contribution is 2.28. The number of carboxylic acid groups (broad SMARTS) is 1. The maximum atomic E-state index is 12.2. The molecule has 0 aliphatic heterocycles. The Labute approximate surface area is 165 Å². The third-order valence-corrected chi connectivity index (χ3v) is 4.44. The summed E-state index contributed by atoms with van der Waals surface area (Å²) >= 11 is 6.19. The fraction of sp³-hybridized carbons (Fsp3) is 0.579. The van der Waals surface area contributed by atoms with Gasteiger partial charge in [-0.25, -0.2) is 4.79 Å². The molecule has 1 aromatic carbocycles. The van der Waals surface area contributed by atoms with Gasteiger partial charge in [0.05, 0.1) is 18.2 Å². The number of hydrogen-bond donors (Lipinski definition) is 4. The first-order valence-electron chi connectivity index (χ1n) is 9.18. The molecule has 27 heavy (non-hydrogen) atoms. The van der Waals surface area contributed by atoms with E-state index < -0.39 is 24.1 Å². The minimum Gasteiger partial charge on any atom is -0.492 e. The molecule has 1 aromatic rings. The van der Waals surface area contributed by atoms with Crippen LogP contribution in [-0.2, 0) is 4.79 Å². The van der Waals surface area contributed by atoms with E-state index in [1.165, 1.54) is 38.7 Å². The molecular formula is C19H29ClN2O5. The third-order valence-electron chi connectivity index (χ3n) is 4.15. The lowest BCUT2D eigenvalue weighted by Crippen LogP contribution is -2.56. The van der Waals surface area contributed by atoms with Gasteiger partial charge in [0.2, 0.25) is 0 Å². The predicted molar refractivity (Wildman–Crippen MR) is 106 cm³/mol. The van der Waals surface area contributed by atoms with E-state index in [1.54, 1.807) is 12.1 Å². The van der Waals surface area contributed by atoms with E-state index in [0.717, 1.165) is 12.8 Å². The number of aliphatic hydroxyl groups is 1. The highest BCUT2D eigenvalue weighted by Gasteiger charge is 2.34. The molecule has 152 valence electrons. The fourth-order valence-corrected chi connectivity index (χ4v) is 2.67. The summed E-state index contributed by atoms with van der Waals surface area (Å²) in [4.78, 5) is 23.0. The van der Waals surface area contributed by atoms with Gasteiger partial charge in [0.1, 0.15) is 11.3 Å². The van der Waals surface area contributed by atoms with Gasteiger partial charge in [0.15, 0.2) is 0 Å². The fourth-order valence-electron chi connectivity index (χ4n) is 2.43. The monoisotopic (exact) mass is 400 g/mol. The van der Waals surface area contributed by atoms with Gasteiger partial charge in [0.25, 0.3) is 5.91 Å². The minimum atomic E-state index is -1.66. The lowest BCUT2D eigenvalue weighted by atomic mass is 10.0. The van der Waals surface area contributed by atoms with Crippen molar-refractivity contribution < 1.29 is 24.5 Å². The number of unbranched alkanes of at least 4 members (excludes halogenated alkanes) is 5. The summed E-state index contributed by atoms with van der Waals surface area (Å²) < 4.78 is 5.67. The highest BCUT2D eigenvalue weighted by molar-refractivity contribution is 6.32. The molecule has 0 aliphatic carbocycles. The standard InChI is InChI=1S/C19H29ClN2O5/c1-3-4-5-6-7-8-11-27-16-10-9-14(12-15(16)20)21-17(24)19(2,13-23)22-18(25)26/h9-10,12,22-23H,3-8,11,13H2,1-2H3,(H,21,24)(H,25,26)/t19-/m0/s1. The van der Waals surface area contributed by atoms with Crippen LogP contribution in [0.25, 0.3) is 0 Å². The van der Waals surface area contributed by atoms with E-state index in [0.29, 0.717) is 23.1 Å². The van der Waals surface area contributed by atoms with Crippen molar-refractivity contribution in [3.8, 4) is 5.75 Å². The first-order valence-corrected chi connectivity index (χ1v) is 9.56. The molecule has 0 saturated heterocycles. The first kappa shape index (κ1) is 23.0. The van der Waals surface area contributed by atoms with Crippen molar-refractivity contribution >= 4 is 29.3 Å². The normalized spacial score (nSPS) is 12.9. The molecule has 7 nitrogen and oxygen atoms in total. The number of hydrogen-bond acceptors (Lipinski definition) is 4. The van der Waals surface area contributed by atoms with Crippen molar-refractivity contribution in [2.24, 2.45) is 0 Å². The molecule has 0 aromatic heterocycles. The summed E-state index contributed by atoms with van der Waals surface area (Å²) in [5.41, 5.74) is -1.28. The van der Waals surface area contributed by atoms with Crippen LogP contribution in [0.1, 0.15) is 52.4 Å². The molecule has 2 amide bonds. The van der Waals surface area contributed by atoms with Gasteiger partial charge in [-0.3, -0.25) is 4.79 Å². The Morgan fingerprint density at radius 1 is 1.19 bits per heavy atom. The van der Waals surface area contributed by atoms with Gasteiger partial charge in [-0.1, -0.05) is 50.6 Å². The maximum Gasteiger partial charge on any atom is 0.405 e. The Balaban J connectivity index is 2.54. The third kappa shape index (κ3) is 8.05. The molecule has 0 heterocycles. The van der Waals surface area contributed by atoms with Crippen molar-refractivity contribution in [3.05, 3.63) is 23.2 Å². The molecule has 0 aliphatic rings. The van der Waals surface area contributed by atoms with Crippen molar-refractivity contribution in [2.45, 2.75) is 57.9 Å². The summed E-state index contributed by atoms with van der Waals surface area (Å²) in [6, 6.07) is 4.78. The number of nitrogens with one attached hydrogen (secondary N) is 2. The van der Waals surface area contributed by atoms with Crippen LogP contribution in [0.3, 0.4) is 0 Å². The lowest BCUT2D eigenvalue weighted by Gasteiger charge is -2.25. The van der Waals surface area contributed by atoms with Crippen LogP contribution >= 0.6 is 11.6 Å². The second kappa shape index (κ2) is 11.7. The van der Waals surface area contributed by atoms with Crippen LogP contribution in [0.4, 0.5) is 10.5 Å². The second-order valence-corrected chi connectivity index (χ2v) is 7.04. The molecule has 0 spiro atoms. The van der Waals surface area contributed by atoms with Gasteiger partial charge in [-0.05, 0) is 31.5 Å². The molecule has 0 bridgehead atoms. The van der Waals surface area contributed by atoms with E-state index in [4.69, 9.17) is 21.4 Å². The smallest absolute Gasteiger partial charge is 0.405 e. The zero-order chi connectivity index (χ0) is 20.3. The number of benzene rings is 1. The van der Waals surface area contributed by atoms with E-state index >= 15 is 0 Å². The average molecular weight is 401 g/mol. The summed E-state index contributed by atoms with van der Waals surface area (Å²) in [5, 5.41) is 23.0. The van der Waals surface area contributed by atoms with Gasteiger partial charge in [-0.2, -0.15) is 0 Å². The summed E-state index contributed by atoms with van der Waals surface area (Å²) in [6.07, 6.45) is 5.59. The number of amides is 2. The van der Waals surface area contributed by atoms with E-state index in [9.17, 15) is 14.7 Å². The predicted octanol–water partition coefficient (Wildman–Crippen LogP) is 4.04. The second-order valence-electron chi connectivity index (χ2n) is 6.64. The Kier molecular flexibility index (Phi) is 9.96. The Hall–Kier alpha value is -1.99. The minimum absolute atomic E-state index is 0.343. The van der Waals surface area contributed by atoms with E-state index in [2.05, 4.69) is 12.2 Å². The Bertz CT molecular complexity index is 626. The topological polar surface area (TPSA) is 108 Å². The van der Waals surface area contributed by atoms with Crippen molar-refractivity contribution in [1.29, 1.82) is 0 Å². The molecule has 4 N–H and O–H groups in total. The first-order chi connectivity index (χ1) is 12.8. The van der Waals surface area contributed by atoms with Gasteiger partial charge < -0.3 is 25.6 Å². The highest BCUT2D eigenvalue weighted by atomic mass is 35.5. The SMILES string of the molecule is CCCCCCCCOc1ccc(NC(=O)[C@](C)(CO)NC(=O)O)cc1Cl. The zero-order valence-corrected chi connectivity index (χ0v) is 16.6. The van der Waals surface area contributed by atoms with Crippen molar-refractivity contribution in [1.82, 2.24) is 5.32 Å². The van der Waals surface area contributed by atoms with E-state index in [-0.39, 0.29) is 0 Å². The summed E-state index contributed by atoms with van der Waals surface area (Å²) in [6.45, 7) is 3.36. The molecule has 1 atom stereocenters. The van der Waals surface area contributed by atoms with Gasteiger partial charge >= 0.3 is 6.09 Å². The van der Waals surface area contributed by atoms with Crippen LogP contribution < -0.4 is 15.4 Å². The molecule has 0 radical (unpaired) electrons. The van der Waals surface area contributed by atoms with Crippen molar-refractivity contribution in [3.63, 3.8) is 0 Å². The Morgan fingerprint density at radius 2 is 1.85 bits per heavy atom. The number of halogens is 1. The largest absolute Gasteiger partial charge is 0.492 e. The summed E-state index contributed by atoms with van der Waals surface area (Å²) in [5.74, 6) is -0.166. The van der Waals surface area contributed by atoms with Gasteiger partial charge in [-0.15, -0.1) is 0 Å². The molecule has 0 saturated carbocycles. The molecular weight excluding hydrogens is 372 g/mol. The Morgan fingerprint density at radius 3 is 2.44 bits per heavy atom. The zero-order valence-electron chi connectivity index (χ0n) is 15.9. The number of rotatable bonds is 12. The number of carbonyl (C=O) groups excluding carboxylic acids is 1. The van der Waals surface area contributed by atoms with Crippen LogP contribution in [0.15, 0.2) is 18.2 Å². The van der Waals surface area contributed by atoms with E-state index in [1.807, 2.05) is 5.32 Å². The molecule has 8 heteroatoms. The molecule has 0 unspecified atom stereocenters. The van der Waals surface area contributed by atoms with Crippen LogP contribution in [0, 0.1) is 0 Å². The number of carbonyl (C=O) groups is 2. The van der Waals surface area contributed by atoms with Crippen LogP contribution in [-0.4, -0.2) is 41.0 Å². The lowest BCUT2D eigenvalue weighted by molar-refractivity contribution is -0.123. The molecule has 0 fully saturated rings. The van der Waals surface area contributed by atoms with Crippen LogP contribution in [0.2, 0.25) is 5.02 Å². The van der Waals surface area contributed by atoms with Crippen molar-refractivity contribution in [2.75, 3.05) is 18.5 Å². The average Bonchev–Trinajstić information content (AvgIpc) is 2.61. The summed E-state index contributed by atoms with van der Waals surface area (Å²) in [7, 11) is 0. The van der Waals surface area contributed by atoms with Gasteiger partial charge in [0, 0.05) is 5.69 Å².